The standard InChI is InChI=1S/C14H13N5/c1-9-6-7-19(18-9)14-11(13(15)16)8-10-4-2-3-5-12(10)17-14/h2-8H,1H3,(H3,15,16). The Hall–Kier alpha value is -2.69. The summed E-state index contributed by atoms with van der Waals surface area (Å²) in [6, 6.07) is 11.5. The normalized spacial score (nSPS) is 10.8. The number of aromatic nitrogens is 3. The number of aryl methyl sites for hydroxylation is 1. The van der Waals surface area contributed by atoms with E-state index in [0.717, 1.165) is 16.6 Å². The van der Waals surface area contributed by atoms with Gasteiger partial charge in [0.15, 0.2) is 5.82 Å². The molecule has 5 heteroatoms. The van der Waals surface area contributed by atoms with Crippen LogP contribution in [-0.2, 0) is 0 Å². The minimum absolute atomic E-state index is 0.0126. The zero-order valence-electron chi connectivity index (χ0n) is 10.5. The molecule has 1 aromatic carbocycles. The van der Waals surface area contributed by atoms with E-state index in [1.54, 1.807) is 4.68 Å². The van der Waals surface area contributed by atoms with Gasteiger partial charge < -0.3 is 5.73 Å². The molecule has 3 aromatic rings. The molecule has 2 aromatic heterocycles. The molecule has 94 valence electrons. The van der Waals surface area contributed by atoms with Crippen LogP contribution in [0.1, 0.15) is 11.3 Å². The fourth-order valence-electron chi connectivity index (χ4n) is 2.01. The average molecular weight is 251 g/mol. The molecule has 3 N–H and O–H groups in total. The first-order valence-electron chi connectivity index (χ1n) is 5.92. The molecule has 0 fully saturated rings. The Morgan fingerprint density at radius 3 is 2.74 bits per heavy atom. The Labute approximate surface area is 110 Å². The Morgan fingerprint density at radius 1 is 1.26 bits per heavy atom. The summed E-state index contributed by atoms with van der Waals surface area (Å²) in [4.78, 5) is 4.56. The summed E-state index contributed by atoms with van der Waals surface area (Å²) in [5.74, 6) is 0.570. The van der Waals surface area contributed by atoms with E-state index < -0.39 is 0 Å². The molecule has 19 heavy (non-hydrogen) atoms. The molecule has 0 bridgehead atoms. The molecule has 0 unspecified atom stereocenters. The fourth-order valence-corrected chi connectivity index (χ4v) is 2.01. The topological polar surface area (TPSA) is 80.6 Å². The number of hydrogen-bond donors (Lipinski definition) is 2. The lowest BCUT2D eigenvalue weighted by Crippen LogP contribution is -2.16. The van der Waals surface area contributed by atoms with Crippen LogP contribution in [-0.4, -0.2) is 20.6 Å². The third kappa shape index (κ3) is 1.95. The number of benzene rings is 1. The smallest absolute Gasteiger partial charge is 0.164 e. The van der Waals surface area contributed by atoms with E-state index in [2.05, 4.69) is 10.1 Å². The highest BCUT2D eigenvalue weighted by molar-refractivity contribution is 6.01. The van der Waals surface area contributed by atoms with Crippen LogP contribution >= 0.6 is 0 Å². The SMILES string of the molecule is Cc1ccn(-c2nc3ccccc3cc2C(=N)N)n1. The lowest BCUT2D eigenvalue weighted by Gasteiger charge is -2.09. The molecule has 0 radical (unpaired) electrons. The zero-order valence-corrected chi connectivity index (χ0v) is 10.5. The van der Waals surface area contributed by atoms with E-state index in [9.17, 15) is 0 Å². The summed E-state index contributed by atoms with van der Waals surface area (Å²) in [5.41, 5.74) is 7.99. The first-order valence-corrected chi connectivity index (χ1v) is 5.92. The molecule has 0 aliphatic heterocycles. The van der Waals surface area contributed by atoms with E-state index in [1.807, 2.05) is 49.5 Å². The fraction of sp³-hybridized carbons (Fsp3) is 0.0714. The molecule has 3 rings (SSSR count). The summed E-state index contributed by atoms with van der Waals surface area (Å²) in [5, 5.41) is 13.0. The van der Waals surface area contributed by atoms with Gasteiger partial charge in [-0.25, -0.2) is 9.67 Å². The van der Waals surface area contributed by atoms with Crippen molar-refractivity contribution in [2.75, 3.05) is 0 Å². The Bertz CT molecular complexity index is 772. The van der Waals surface area contributed by atoms with Gasteiger partial charge in [-0.15, -0.1) is 0 Å². The predicted octanol–water partition coefficient (Wildman–Crippen LogP) is 2.01. The van der Waals surface area contributed by atoms with Crippen molar-refractivity contribution in [1.82, 2.24) is 14.8 Å². The Balaban J connectivity index is 2.32. The lowest BCUT2D eigenvalue weighted by atomic mass is 10.1. The number of rotatable bonds is 2. The highest BCUT2D eigenvalue weighted by atomic mass is 15.3. The number of fused-ring (bicyclic) bond motifs is 1. The van der Waals surface area contributed by atoms with Gasteiger partial charge in [0, 0.05) is 11.6 Å². The molecular formula is C14H13N5. The summed E-state index contributed by atoms with van der Waals surface area (Å²) in [6.45, 7) is 1.91. The van der Waals surface area contributed by atoms with Crippen molar-refractivity contribution in [2.24, 2.45) is 5.73 Å². The molecular weight excluding hydrogens is 238 g/mol. The van der Waals surface area contributed by atoms with E-state index in [-0.39, 0.29) is 5.84 Å². The molecule has 0 spiro atoms. The van der Waals surface area contributed by atoms with Crippen LogP contribution in [0.5, 0.6) is 0 Å². The van der Waals surface area contributed by atoms with E-state index >= 15 is 0 Å². The van der Waals surface area contributed by atoms with Crippen molar-refractivity contribution in [2.45, 2.75) is 6.92 Å². The van der Waals surface area contributed by atoms with Crippen LogP contribution < -0.4 is 5.73 Å². The minimum atomic E-state index is -0.0126. The number of nitrogens with one attached hydrogen (secondary N) is 1. The maximum Gasteiger partial charge on any atom is 0.164 e. The molecule has 0 aliphatic carbocycles. The average Bonchev–Trinajstić information content (AvgIpc) is 2.83. The second kappa shape index (κ2) is 4.20. The quantitative estimate of drug-likeness (QED) is 0.540. The third-order valence-corrected chi connectivity index (χ3v) is 2.93. The lowest BCUT2D eigenvalue weighted by molar-refractivity contribution is 0.835. The van der Waals surface area contributed by atoms with E-state index in [4.69, 9.17) is 11.1 Å². The first kappa shape index (κ1) is 11.4. The van der Waals surface area contributed by atoms with Crippen molar-refractivity contribution in [1.29, 1.82) is 5.41 Å². The van der Waals surface area contributed by atoms with Gasteiger partial charge >= 0.3 is 0 Å². The van der Waals surface area contributed by atoms with Gasteiger partial charge in [-0.3, -0.25) is 5.41 Å². The monoisotopic (exact) mass is 251 g/mol. The van der Waals surface area contributed by atoms with Crippen LogP contribution in [0.25, 0.3) is 16.7 Å². The van der Waals surface area contributed by atoms with Crippen molar-refractivity contribution in [3.05, 3.63) is 53.9 Å². The summed E-state index contributed by atoms with van der Waals surface area (Å²) >= 11 is 0. The zero-order chi connectivity index (χ0) is 13.4. The number of nitrogens with two attached hydrogens (primary N) is 1. The van der Waals surface area contributed by atoms with Gasteiger partial charge in [0.2, 0.25) is 0 Å². The van der Waals surface area contributed by atoms with Crippen LogP contribution in [0.15, 0.2) is 42.6 Å². The van der Waals surface area contributed by atoms with Crippen molar-refractivity contribution in [3.63, 3.8) is 0 Å². The van der Waals surface area contributed by atoms with Crippen LogP contribution in [0, 0.1) is 12.3 Å². The Morgan fingerprint density at radius 2 is 2.05 bits per heavy atom. The van der Waals surface area contributed by atoms with Gasteiger partial charge in [0.25, 0.3) is 0 Å². The summed E-state index contributed by atoms with van der Waals surface area (Å²) in [6.07, 6.45) is 1.82. The van der Waals surface area contributed by atoms with E-state index in [1.165, 1.54) is 0 Å². The molecule has 0 aliphatic rings. The van der Waals surface area contributed by atoms with Gasteiger partial charge in [-0.1, -0.05) is 18.2 Å². The highest BCUT2D eigenvalue weighted by Crippen LogP contribution is 2.19. The third-order valence-electron chi connectivity index (χ3n) is 2.93. The molecule has 0 amide bonds. The summed E-state index contributed by atoms with van der Waals surface area (Å²) in [7, 11) is 0. The molecule has 0 atom stereocenters. The number of amidine groups is 1. The maximum atomic E-state index is 7.70. The molecule has 0 saturated heterocycles. The second-order valence-electron chi connectivity index (χ2n) is 4.37. The highest BCUT2D eigenvalue weighted by Gasteiger charge is 2.11. The second-order valence-corrected chi connectivity index (χ2v) is 4.37. The van der Waals surface area contributed by atoms with Gasteiger partial charge in [0.1, 0.15) is 5.84 Å². The van der Waals surface area contributed by atoms with Crippen LogP contribution in [0.2, 0.25) is 0 Å². The number of pyridine rings is 1. The predicted molar refractivity (Wildman–Crippen MR) is 74.6 cm³/mol. The molecule has 5 nitrogen and oxygen atoms in total. The van der Waals surface area contributed by atoms with Crippen LogP contribution in [0.3, 0.4) is 0 Å². The number of para-hydroxylation sites is 1. The Kier molecular flexibility index (Phi) is 2.52. The first-order chi connectivity index (χ1) is 9.15. The molecule has 2 heterocycles. The largest absolute Gasteiger partial charge is 0.384 e. The van der Waals surface area contributed by atoms with Gasteiger partial charge in [-0.2, -0.15) is 5.10 Å². The number of hydrogen-bond acceptors (Lipinski definition) is 3. The van der Waals surface area contributed by atoms with Crippen LogP contribution in [0.4, 0.5) is 0 Å². The number of nitrogen functional groups attached to an aromatic ring is 1. The van der Waals surface area contributed by atoms with Crippen molar-refractivity contribution >= 4 is 16.7 Å². The van der Waals surface area contributed by atoms with Crippen molar-refractivity contribution in [3.8, 4) is 5.82 Å². The minimum Gasteiger partial charge on any atom is -0.384 e. The summed E-state index contributed by atoms with van der Waals surface area (Å²) < 4.78 is 1.65. The van der Waals surface area contributed by atoms with Gasteiger partial charge in [0.05, 0.1) is 16.8 Å². The maximum absolute atomic E-state index is 7.70. The van der Waals surface area contributed by atoms with E-state index in [0.29, 0.717) is 11.4 Å². The van der Waals surface area contributed by atoms with Gasteiger partial charge in [-0.05, 0) is 25.1 Å². The number of nitrogens with zero attached hydrogens (tertiary/aromatic N) is 3. The molecule has 0 saturated carbocycles. The van der Waals surface area contributed by atoms with Crippen molar-refractivity contribution < 1.29 is 0 Å².